The van der Waals surface area contributed by atoms with E-state index in [4.69, 9.17) is 4.74 Å². The topological polar surface area (TPSA) is 26.3 Å². The molecular formula is C13H7BrF2O2. The highest BCUT2D eigenvalue weighted by molar-refractivity contribution is 9.10. The summed E-state index contributed by atoms with van der Waals surface area (Å²) in [5.74, 6) is -1.18. The number of aldehydes is 1. The molecule has 2 nitrogen and oxygen atoms in total. The minimum absolute atomic E-state index is 0.0492. The first-order valence-corrected chi connectivity index (χ1v) is 5.76. The fourth-order valence-corrected chi connectivity index (χ4v) is 1.73. The Morgan fingerprint density at radius 1 is 1.11 bits per heavy atom. The van der Waals surface area contributed by atoms with E-state index in [1.165, 1.54) is 24.3 Å². The van der Waals surface area contributed by atoms with Crippen LogP contribution >= 0.6 is 15.9 Å². The third kappa shape index (κ3) is 2.92. The number of rotatable bonds is 3. The quantitative estimate of drug-likeness (QED) is 0.788. The van der Waals surface area contributed by atoms with Gasteiger partial charge in [-0.1, -0.05) is 15.9 Å². The normalized spacial score (nSPS) is 10.2. The van der Waals surface area contributed by atoms with E-state index >= 15 is 0 Å². The van der Waals surface area contributed by atoms with E-state index in [1.54, 1.807) is 0 Å². The highest BCUT2D eigenvalue weighted by Gasteiger charge is 2.07. The van der Waals surface area contributed by atoms with E-state index in [1.807, 2.05) is 0 Å². The van der Waals surface area contributed by atoms with Crippen LogP contribution in [0.3, 0.4) is 0 Å². The second kappa shape index (κ2) is 5.27. The zero-order valence-electron chi connectivity index (χ0n) is 8.99. The third-order valence-electron chi connectivity index (χ3n) is 2.15. The summed E-state index contributed by atoms with van der Waals surface area (Å²) in [6.45, 7) is 0. The first-order chi connectivity index (χ1) is 8.58. The number of ether oxygens (including phenoxy) is 1. The van der Waals surface area contributed by atoms with Gasteiger partial charge in [-0.05, 0) is 30.3 Å². The summed E-state index contributed by atoms with van der Waals surface area (Å²) >= 11 is 3.18. The first-order valence-electron chi connectivity index (χ1n) is 4.97. The number of carbonyl (C=O) groups is 1. The standard InChI is InChI=1S/C13H7BrF2O2/c14-9-1-2-12(16)13(5-9)18-11-4-8(7-17)3-10(15)6-11/h1-7H. The molecule has 0 aromatic heterocycles. The predicted octanol–water partition coefficient (Wildman–Crippen LogP) is 4.33. The van der Waals surface area contributed by atoms with Crippen LogP contribution in [0.25, 0.3) is 0 Å². The summed E-state index contributed by atoms with van der Waals surface area (Å²) in [6, 6.07) is 7.63. The Morgan fingerprint density at radius 2 is 1.89 bits per heavy atom. The van der Waals surface area contributed by atoms with Gasteiger partial charge >= 0.3 is 0 Å². The van der Waals surface area contributed by atoms with Gasteiger partial charge in [0.25, 0.3) is 0 Å². The fourth-order valence-electron chi connectivity index (χ4n) is 1.39. The molecule has 0 bridgehead atoms. The minimum Gasteiger partial charge on any atom is -0.454 e. The molecule has 0 radical (unpaired) electrons. The number of carbonyl (C=O) groups excluding carboxylic acids is 1. The van der Waals surface area contributed by atoms with Crippen LogP contribution in [-0.2, 0) is 0 Å². The lowest BCUT2D eigenvalue weighted by Gasteiger charge is -2.07. The molecule has 0 aliphatic rings. The van der Waals surface area contributed by atoms with Gasteiger partial charge < -0.3 is 4.74 Å². The van der Waals surface area contributed by atoms with Crippen molar-refractivity contribution in [2.45, 2.75) is 0 Å². The van der Waals surface area contributed by atoms with Crippen molar-refractivity contribution < 1.29 is 18.3 Å². The average Bonchev–Trinajstić information content (AvgIpc) is 2.33. The fraction of sp³-hybridized carbons (Fsp3) is 0. The summed E-state index contributed by atoms with van der Waals surface area (Å²) in [4.78, 5) is 10.6. The van der Waals surface area contributed by atoms with Gasteiger partial charge in [0, 0.05) is 16.1 Å². The Labute approximate surface area is 110 Å². The van der Waals surface area contributed by atoms with E-state index in [-0.39, 0.29) is 17.1 Å². The summed E-state index contributed by atoms with van der Waals surface area (Å²) in [5, 5.41) is 0. The minimum atomic E-state index is -0.620. The second-order valence-electron chi connectivity index (χ2n) is 3.51. The maximum Gasteiger partial charge on any atom is 0.165 e. The molecule has 92 valence electrons. The van der Waals surface area contributed by atoms with Crippen LogP contribution in [0, 0.1) is 11.6 Å². The molecule has 0 fully saturated rings. The second-order valence-corrected chi connectivity index (χ2v) is 4.43. The van der Waals surface area contributed by atoms with Crippen LogP contribution in [0.4, 0.5) is 8.78 Å². The van der Waals surface area contributed by atoms with Crippen LogP contribution in [0.1, 0.15) is 10.4 Å². The maximum atomic E-state index is 13.4. The Bertz CT molecular complexity index is 600. The average molecular weight is 313 g/mol. The lowest BCUT2D eigenvalue weighted by atomic mass is 10.2. The highest BCUT2D eigenvalue weighted by atomic mass is 79.9. The first kappa shape index (κ1) is 12.7. The Hall–Kier alpha value is -1.75. The van der Waals surface area contributed by atoms with Crippen molar-refractivity contribution in [3.05, 3.63) is 58.1 Å². The predicted molar refractivity (Wildman–Crippen MR) is 66.0 cm³/mol. The third-order valence-corrected chi connectivity index (χ3v) is 2.64. The van der Waals surface area contributed by atoms with Gasteiger partial charge in [0.05, 0.1) is 0 Å². The summed E-state index contributed by atoms with van der Waals surface area (Å²) in [5.41, 5.74) is 0.125. The number of hydrogen-bond donors (Lipinski definition) is 0. The van der Waals surface area contributed by atoms with Crippen molar-refractivity contribution in [3.63, 3.8) is 0 Å². The molecule has 0 aliphatic carbocycles. The van der Waals surface area contributed by atoms with Crippen molar-refractivity contribution >= 4 is 22.2 Å². The monoisotopic (exact) mass is 312 g/mol. The van der Waals surface area contributed by atoms with Gasteiger partial charge in [0.2, 0.25) is 0 Å². The van der Waals surface area contributed by atoms with Crippen molar-refractivity contribution in [1.82, 2.24) is 0 Å². The van der Waals surface area contributed by atoms with Crippen molar-refractivity contribution in [2.24, 2.45) is 0 Å². The number of hydrogen-bond acceptors (Lipinski definition) is 2. The summed E-state index contributed by atoms with van der Waals surface area (Å²) < 4.78 is 32.4. The van der Waals surface area contributed by atoms with Gasteiger partial charge in [-0.3, -0.25) is 4.79 Å². The van der Waals surface area contributed by atoms with Crippen LogP contribution in [-0.4, -0.2) is 6.29 Å². The van der Waals surface area contributed by atoms with E-state index in [2.05, 4.69) is 15.9 Å². The molecule has 2 aromatic carbocycles. The smallest absolute Gasteiger partial charge is 0.165 e. The van der Waals surface area contributed by atoms with Gasteiger partial charge in [-0.15, -0.1) is 0 Å². The molecule has 2 rings (SSSR count). The summed E-state index contributed by atoms with van der Waals surface area (Å²) in [7, 11) is 0. The number of halogens is 3. The molecular weight excluding hydrogens is 306 g/mol. The zero-order valence-corrected chi connectivity index (χ0v) is 10.6. The molecule has 2 aromatic rings. The lowest BCUT2D eigenvalue weighted by molar-refractivity contribution is 0.112. The van der Waals surface area contributed by atoms with Crippen molar-refractivity contribution in [2.75, 3.05) is 0 Å². The lowest BCUT2D eigenvalue weighted by Crippen LogP contribution is -1.91. The molecule has 0 amide bonds. The van der Waals surface area contributed by atoms with Crippen molar-refractivity contribution in [1.29, 1.82) is 0 Å². The van der Waals surface area contributed by atoms with E-state index in [9.17, 15) is 13.6 Å². The van der Waals surface area contributed by atoms with E-state index < -0.39 is 11.6 Å². The van der Waals surface area contributed by atoms with E-state index in [0.717, 1.165) is 12.1 Å². The molecule has 0 unspecified atom stereocenters. The summed E-state index contributed by atoms with van der Waals surface area (Å²) in [6.07, 6.45) is 0.493. The van der Waals surface area contributed by atoms with Crippen LogP contribution < -0.4 is 4.74 Å². The molecule has 0 spiro atoms. The molecule has 0 aliphatic heterocycles. The van der Waals surface area contributed by atoms with Gasteiger partial charge in [-0.2, -0.15) is 0 Å². The Morgan fingerprint density at radius 3 is 2.61 bits per heavy atom. The van der Waals surface area contributed by atoms with E-state index in [0.29, 0.717) is 10.8 Å². The SMILES string of the molecule is O=Cc1cc(F)cc(Oc2cc(Br)ccc2F)c1. The van der Waals surface area contributed by atoms with Crippen molar-refractivity contribution in [3.8, 4) is 11.5 Å². The zero-order chi connectivity index (χ0) is 13.1. The van der Waals surface area contributed by atoms with Gasteiger partial charge in [-0.25, -0.2) is 8.78 Å². The largest absolute Gasteiger partial charge is 0.454 e. The molecule has 0 saturated heterocycles. The molecule has 0 heterocycles. The maximum absolute atomic E-state index is 13.4. The molecule has 5 heteroatoms. The Kier molecular flexibility index (Phi) is 3.72. The van der Waals surface area contributed by atoms with Crippen LogP contribution in [0.5, 0.6) is 11.5 Å². The molecule has 0 atom stereocenters. The van der Waals surface area contributed by atoms with Crippen LogP contribution in [0.2, 0.25) is 0 Å². The van der Waals surface area contributed by atoms with Gasteiger partial charge in [0.15, 0.2) is 11.6 Å². The highest BCUT2D eigenvalue weighted by Crippen LogP contribution is 2.28. The van der Waals surface area contributed by atoms with Gasteiger partial charge in [0.1, 0.15) is 17.9 Å². The molecule has 18 heavy (non-hydrogen) atoms. The van der Waals surface area contributed by atoms with Crippen LogP contribution in [0.15, 0.2) is 40.9 Å². The Balaban J connectivity index is 2.36. The number of benzene rings is 2. The molecule has 0 saturated carbocycles. The molecule has 0 N–H and O–H groups in total.